The molecule has 1 aliphatic carbocycles. The summed E-state index contributed by atoms with van der Waals surface area (Å²) >= 11 is 0. The van der Waals surface area contributed by atoms with Crippen molar-refractivity contribution in [2.75, 3.05) is 7.11 Å². The average molecular weight is 171 g/mol. The maximum absolute atomic E-state index is 11.1. The minimum atomic E-state index is -0.334. The molecule has 12 heavy (non-hydrogen) atoms. The van der Waals surface area contributed by atoms with Crippen molar-refractivity contribution in [3.8, 4) is 0 Å². The molecule has 1 aliphatic rings. The Balaban J connectivity index is 2.61. The summed E-state index contributed by atoms with van der Waals surface area (Å²) in [5, 5.41) is 0. The summed E-state index contributed by atoms with van der Waals surface area (Å²) in [6.45, 7) is 1.93. The first-order valence-corrected chi connectivity index (χ1v) is 4.41. The molecule has 0 radical (unpaired) electrons. The summed E-state index contributed by atoms with van der Waals surface area (Å²) in [6, 6.07) is 0. The maximum atomic E-state index is 11.1. The number of primary amides is 1. The normalized spacial score (nSPS) is 36.3. The van der Waals surface area contributed by atoms with Gasteiger partial charge in [-0.15, -0.1) is 0 Å². The van der Waals surface area contributed by atoms with E-state index in [1.165, 1.54) is 0 Å². The van der Waals surface area contributed by atoms with Gasteiger partial charge in [0.1, 0.15) is 0 Å². The van der Waals surface area contributed by atoms with E-state index in [1.54, 1.807) is 7.11 Å². The first-order chi connectivity index (χ1) is 5.58. The highest BCUT2D eigenvalue weighted by Crippen LogP contribution is 2.36. The van der Waals surface area contributed by atoms with E-state index in [1.807, 2.05) is 6.92 Å². The van der Waals surface area contributed by atoms with Crippen molar-refractivity contribution in [1.29, 1.82) is 0 Å². The fourth-order valence-corrected chi connectivity index (χ4v) is 1.85. The molecule has 0 spiro atoms. The summed E-state index contributed by atoms with van der Waals surface area (Å²) in [6.07, 6.45) is 3.99. The third-order valence-corrected chi connectivity index (χ3v) is 2.86. The number of amides is 1. The second kappa shape index (κ2) is 3.44. The second-order valence-corrected chi connectivity index (χ2v) is 3.88. The molecule has 0 aromatic rings. The van der Waals surface area contributed by atoms with E-state index in [0.717, 1.165) is 25.7 Å². The van der Waals surface area contributed by atoms with E-state index in [0.29, 0.717) is 0 Å². The fourth-order valence-electron chi connectivity index (χ4n) is 1.85. The Morgan fingerprint density at radius 1 is 1.67 bits per heavy atom. The van der Waals surface area contributed by atoms with Crippen molar-refractivity contribution < 1.29 is 9.53 Å². The van der Waals surface area contributed by atoms with Gasteiger partial charge in [-0.1, -0.05) is 6.92 Å². The van der Waals surface area contributed by atoms with Gasteiger partial charge < -0.3 is 10.5 Å². The van der Waals surface area contributed by atoms with Crippen LogP contribution in [0.4, 0.5) is 0 Å². The molecule has 0 aliphatic heterocycles. The van der Waals surface area contributed by atoms with Gasteiger partial charge in [0, 0.05) is 12.5 Å². The molecule has 0 bridgehead atoms. The molecule has 1 rings (SSSR count). The zero-order valence-corrected chi connectivity index (χ0v) is 7.80. The van der Waals surface area contributed by atoms with E-state index in [2.05, 4.69) is 0 Å². The van der Waals surface area contributed by atoms with Gasteiger partial charge in [-0.25, -0.2) is 0 Å². The standard InChI is InChI=1S/C9H17NO2/c1-9(8(10)11)5-3-4-7(6-9)12-2/h7H,3-6H2,1-2H3,(H2,10,11)/t7-,9-/m0/s1. The Kier molecular flexibility index (Phi) is 2.73. The van der Waals surface area contributed by atoms with Gasteiger partial charge >= 0.3 is 0 Å². The van der Waals surface area contributed by atoms with Crippen LogP contribution in [-0.2, 0) is 9.53 Å². The van der Waals surface area contributed by atoms with Crippen LogP contribution in [-0.4, -0.2) is 19.1 Å². The molecule has 2 N–H and O–H groups in total. The number of hydrogen-bond donors (Lipinski definition) is 1. The number of carbonyl (C=O) groups excluding carboxylic acids is 1. The Hall–Kier alpha value is -0.570. The molecule has 0 aromatic heterocycles. The quantitative estimate of drug-likeness (QED) is 0.675. The molecular weight excluding hydrogens is 154 g/mol. The molecule has 3 nitrogen and oxygen atoms in total. The summed E-state index contributed by atoms with van der Waals surface area (Å²) < 4.78 is 5.23. The van der Waals surface area contributed by atoms with Gasteiger partial charge in [0.2, 0.25) is 5.91 Å². The molecule has 1 fully saturated rings. The number of rotatable bonds is 2. The molecule has 70 valence electrons. The van der Waals surface area contributed by atoms with Crippen LogP contribution in [0.25, 0.3) is 0 Å². The van der Waals surface area contributed by atoms with Gasteiger partial charge in [-0.3, -0.25) is 4.79 Å². The van der Waals surface area contributed by atoms with E-state index >= 15 is 0 Å². The molecule has 1 amide bonds. The van der Waals surface area contributed by atoms with Crippen molar-refractivity contribution in [2.24, 2.45) is 11.1 Å². The van der Waals surface area contributed by atoms with Crippen LogP contribution in [0.3, 0.4) is 0 Å². The van der Waals surface area contributed by atoms with E-state index in [-0.39, 0.29) is 17.4 Å². The monoisotopic (exact) mass is 171 g/mol. The van der Waals surface area contributed by atoms with Gasteiger partial charge in [0.15, 0.2) is 0 Å². The van der Waals surface area contributed by atoms with Crippen LogP contribution in [0.2, 0.25) is 0 Å². The molecule has 0 aromatic carbocycles. The predicted octanol–water partition coefficient (Wildman–Crippen LogP) is 1.07. The van der Waals surface area contributed by atoms with Crippen molar-refractivity contribution in [2.45, 2.75) is 38.7 Å². The number of nitrogens with two attached hydrogens (primary N) is 1. The van der Waals surface area contributed by atoms with Crippen molar-refractivity contribution in [3.05, 3.63) is 0 Å². The summed E-state index contributed by atoms with van der Waals surface area (Å²) in [7, 11) is 1.69. The van der Waals surface area contributed by atoms with E-state index in [4.69, 9.17) is 10.5 Å². The van der Waals surface area contributed by atoms with E-state index < -0.39 is 0 Å². The topological polar surface area (TPSA) is 52.3 Å². The lowest BCUT2D eigenvalue weighted by atomic mass is 9.74. The Morgan fingerprint density at radius 2 is 2.33 bits per heavy atom. The van der Waals surface area contributed by atoms with Crippen LogP contribution >= 0.6 is 0 Å². The second-order valence-electron chi connectivity index (χ2n) is 3.88. The Labute approximate surface area is 73.3 Å². The van der Waals surface area contributed by atoms with Crippen molar-refractivity contribution >= 4 is 5.91 Å². The van der Waals surface area contributed by atoms with Gasteiger partial charge in [0.25, 0.3) is 0 Å². The molecule has 0 saturated heterocycles. The SMILES string of the molecule is CO[C@H]1CCC[C@](C)(C(N)=O)C1. The van der Waals surface area contributed by atoms with Gasteiger partial charge in [-0.05, 0) is 25.7 Å². The van der Waals surface area contributed by atoms with Crippen molar-refractivity contribution in [3.63, 3.8) is 0 Å². The molecule has 2 atom stereocenters. The van der Waals surface area contributed by atoms with Crippen LogP contribution in [0.1, 0.15) is 32.6 Å². The lowest BCUT2D eigenvalue weighted by Gasteiger charge is -2.34. The van der Waals surface area contributed by atoms with Crippen LogP contribution in [0.5, 0.6) is 0 Å². The Morgan fingerprint density at radius 3 is 2.83 bits per heavy atom. The van der Waals surface area contributed by atoms with Crippen LogP contribution < -0.4 is 5.73 Å². The number of hydrogen-bond acceptors (Lipinski definition) is 2. The number of ether oxygens (including phenoxy) is 1. The molecule has 1 saturated carbocycles. The predicted molar refractivity (Wildman–Crippen MR) is 46.6 cm³/mol. The van der Waals surface area contributed by atoms with Crippen LogP contribution in [0, 0.1) is 5.41 Å². The minimum absolute atomic E-state index is 0.191. The summed E-state index contributed by atoms with van der Waals surface area (Å²) in [4.78, 5) is 11.1. The molecular formula is C9H17NO2. The first kappa shape index (κ1) is 9.52. The lowest BCUT2D eigenvalue weighted by Crippen LogP contribution is -2.40. The summed E-state index contributed by atoms with van der Waals surface area (Å²) in [5.74, 6) is -0.191. The first-order valence-electron chi connectivity index (χ1n) is 4.41. The molecule has 0 heterocycles. The largest absolute Gasteiger partial charge is 0.381 e. The van der Waals surface area contributed by atoms with Gasteiger partial charge in [-0.2, -0.15) is 0 Å². The summed E-state index contributed by atoms with van der Waals surface area (Å²) in [5.41, 5.74) is 4.99. The van der Waals surface area contributed by atoms with Crippen molar-refractivity contribution in [1.82, 2.24) is 0 Å². The average Bonchev–Trinajstić information content (AvgIpc) is 2.04. The smallest absolute Gasteiger partial charge is 0.223 e. The highest BCUT2D eigenvalue weighted by Gasteiger charge is 2.36. The zero-order valence-electron chi connectivity index (χ0n) is 7.80. The lowest BCUT2D eigenvalue weighted by molar-refractivity contribution is -0.131. The fraction of sp³-hybridized carbons (Fsp3) is 0.889. The Bertz CT molecular complexity index is 181. The number of carbonyl (C=O) groups is 1. The minimum Gasteiger partial charge on any atom is -0.381 e. The zero-order chi connectivity index (χ0) is 9.19. The van der Waals surface area contributed by atoms with E-state index in [9.17, 15) is 4.79 Å². The third kappa shape index (κ3) is 1.78. The van der Waals surface area contributed by atoms with Crippen LogP contribution in [0.15, 0.2) is 0 Å². The molecule has 3 heteroatoms. The highest BCUT2D eigenvalue weighted by molar-refractivity contribution is 5.80. The maximum Gasteiger partial charge on any atom is 0.223 e. The van der Waals surface area contributed by atoms with Gasteiger partial charge in [0.05, 0.1) is 6.10 Å². The highest BCUT2D eigenvalue weighted by atomic mass is 16.5. The number of methoxy groups -OCH3 is 1. The third-order valence-electron chi connectivity index (χ3n) is 2.86. The molecule has 0 unspecified atom stereocenters.